The Hall–Kier alpha value is 0.0169. The van der Waals surface area contributed by atoms with E-state index in [1.54, 1.807) is 0 Å². The Kier molecular flexibility index (Phi) is 11.8. The molecule has 0 amide bonds. The lowest BCUT2D eigenvalue weighted by Gasteiger charge is -2.28. The first kappa shape index (κ1) is 19.0. The van der Waals surface area contributed by atoms with Gasteiger partial charge in [0.25, 0.3) is 0 Å². The van der Waals surface area contributed by atoms with Gasteiger partial charge in [-0.25, -0.2) is 0 Å². The maximum absolute atomic E-state index is 5.79. The van der Waals surface area contributed by atoms with Gasteiger partial charge in [-0.05, 0) is 40.7 Å². The largest absolute Gasteiger partial charge is 0.501 e. The van der Waals surface area contributed by atoms with E-state index in [1.807, 2.05) is 27.7 Å². The van der Waals surface area contributed by atoms with Gasteiger partial charge in [0.1, 0.15) is 6.23 Å². The van der Waals surface area contributed by atoms with Crippen LogP contribution < -0.4 is 5.32 Å². The van der Waals surface area contributed by atoms with Crippen molar-refractivity contribution in [1.82, 2.24) is 5.32 Å². The lowest BCUT2D eigenvalue weighted by atomic mass is 10.5. The topological polar surface area (TPSA) is 49.0 Å². The average Bonchev–Trinajstić information content (AvgIpc) is 2.36. The SMILES string of the molecule is CCNC(C)OCCC[Si](OCC)(OCC)OCC. The highest BCUT2D eigenvalue weighted by Crippen LogP contribution is 2.18. The molecule has 5 nitrogen and oxygen atoms in total. The maximum atomic E-state index is 5.79. The minimum atomic E-state index is -2.49. The molecule has 0 aliphatic carbocycles. The molecule has 0 aromatic carbocycles. The van der Waals surface area contributed by atoms with Gasteiger partial charge in [-0.3, -0.25) is 5.32 Å². The highest BCUT2D eigenvalue weighted by atomic mass is 28.4. The Labute approximate surface area is 119 Å². The molecule has 0 saturated heterocycles. The zero-order valence-electron chi connectivity index (χ0n) is 13.2. The summed E-state index contributed by atoms with van der Waals surface area (Å²) in [6, 6.07) is 0.807. The standard InChI is InChI=1S/C13H31NO4Si/c1-6-14-13(5)15-11-10-12-19(16-7-2,17-8-3)18-9-4/h13-14H,6-12H2,1-5H3. The van der Waals surface area contributed by atoms with Crippen molar-refractivity contribution < 1.29 is 18.0 Å². The Morgan fingerprint density at radius 3 is 1.89 bits per heavy atom. The monoisotopic (exact) mass is 293 g/mol. The molecule has 0 aliphatic heterocycles. The molecule has 0 bridgehead atoms. The van der Waals surface area contributed by atoms with Gasteiger partial charge >= 0.3 is 8.80 Å². The van der Waals surface area contributed by atoms with Crippen molar-refractivity contribution in [3.63, 3.8) is 0 Å². The fraction of sp³-hybridized carbons (Fsp3) is 1.00. The van der Waals surface area contributed by atoms with Gasteiger partial charge < -0.3 is 18.0 Å². The van der Waals surface area contributed by atoms with Crippen LogP contribution in [0.4, 0.5) is 0 Å². The van der Waals surface area contributed by atoms with E-state index in [1.165, 1.54) is 0 Å². The third-order valence-electron chi connectivity index (χ3n) is 2.58. The molecule has 0 saturated carbocycles. The zero-order valence-corrected chi connectivity index (χ0v) is 14.2. The van der Waals surface area contributed by atoms with Crippen LogP contribution in [0.2, 0.25) is 6.04 Å². The van der Waals surface area contributed by atoms with E-state index in [0.29, 0.717) is 26.4 Å². The highest BCUT2D eigenvalue weighted by Gasteiger charge is 2.39. The molecular weight excluding hydrogens is 262 g/mol. The number of rotatable bonds is 13. The van der Waals surface area contributed by atoms with E-state index in [0.717, 1.165) is 19.0 Å². The molecule has 0 rings (SSSR count). The van der Waals surface area contributed by atoms with E-state index in [2.05, 4.69) is 12.2 Å². The summed E-state index contributed by atoms with van der Waals surface area (Å²) in [4.78, 5) is 0. The van der Waals surface area contributed by atoms with Crippen LogP contribution in [0.15, 0.2) is 0 Å². The van der Waals surface area contributed by atoms with E-state index in [4.69, 9.17) is 18.0 Å². The minimum Gasteiger partial charge on any atom is -0.374 e. The Balaban J connectivity index is 4.09. The summed E-state index contributed by atoms with van der Waals surface area (Å²) in [6.45, 7) is 13.5. The fourth-order valence-electron chi connectivity index (χ4n) is 1.90. The van der Waals surface area contributed by atoms with Crippen molar-refractivity contribution in [2.24, 2.45) is 0 Å². The van der Waals surface area contributed by atoms with Crippen molar-refractivity contribution in [2.45, 2.75) is 53.3 Å². The van der Waals surface area contributed by atoms with E-state index >= 15 is 0 Å². The Morgan fingerprint density at radius 2 is 1.47 bits per heavy atom. The third kappa shape index (κ3) is 8.72. The van der Waals surface area contributed by atoms with Crippen molar-refractivity contribution in [1.29, 1.82) is 0 Å². The lowest BCUT2D eigenvalue weighted by Crippen LogP contribution is -2.46. The summed E-state index contributed by atoms with van der Waals surface area (Å²) >= 11 is 0. The Bertz CT molecular complexity index is 190. The first-order valence-corrected chi connectivity index (χ1v) is 9.34. The molecule has 1 atom stereocenters. The van der Waals surface area contributed by atoms with E-state index in [-0.39, 0.29) is 6.23 Å². The molecule has 1 N–H and O–H groups in total. The number of nitrogens with one attached hydrogen (secondary N) is 1. The molecular formula is C13H31NO4Si. The molecule has 116 valence electrons. The van der Waals surface area contributed by atoms with Crippen LogP contribution in [0.3, 0.4) is 0 Å². The molecule has 19 heavy (non-hydrogen) atoms. The molecule has 0 aromatic rings. The fourth-order valence-corrected chi connectivity index (χ4v) is 4.48. The van der Waals surface area contributed by atoms with Crippen LogP contribution in [-0.2, 0) is 18.0 Å². The van der Waals surface area contributed by atoms with Crippen molar-refractivity contribution in [3.05, 3.63) is 0 Å². The van der Waals surface area contributed by atoms with Gasteiger partial charge in [0.15, 0.2) is 0 Å². The van der Waals surface area contributed by atoms with Gasteiger partial charge in [-0.15, -0.1) is 0 Å². The summed E-state index contributed by atoms with van der Waals surface area (Å²) in [5.41, 5.74) is 0. The summed E-state index contributed by atoms with van der Waals surface area (Å²) in [5, 5.41) is 3.21. The van der Waals surface area contributed by atoms with E-state index < -0.39 is 8.80 Å². The van der Waals surface area contributed by atoms with Crippen LogP contribution in [-0.4, -0.2) is 48.0 Å². The van der Waals surface area contributed by atoms with Crippen LogP contribution in [0.1, 0.15) is 41.0 Å². The van der Waals surface area contributed by atoms with Gasteiger partial charge in [-0.1, -0.05) is 6.92 Å². The minimum absolute atomic E-state index is 0.0901. The second-order valence-corrected chi connectivity index (χ2v) is 6.89. The van der Waals surface area contributed by atoms with Crippen molar-refractivity contribution in [3.8, 4) is 0 Å². The predicted molar refractivity (Wildman–Crippen MR) is 79.1 cm³/mol. The number of ether oxygens (including phenoxy) is 1. The molecule has 0 aromatic heterocycles. The summed E-state index contributed by atoms with van der Waals surface area (Å²) < 4.78 is 23.0. The van der Waals surface area contributed by atoms with Crippen molar-refractivity contribution in [2.75, 3.05) is 33.0 Å². The molecule has 0 heterocycles. The molecule has 1 unspecified atom stereocenters. The number of hydrogen-bond donors (Lipinski definition) is 1. The predicted octanol–water partition coefficient (Wildman–Crippen LogP) is 2.40. The molecule has 0 radical (unpaired) electrons. The quantitative estimate of drug-likeness (QED) is 0.321. The van der Waals surface area contributed by atoms with Gasteiger partial charge in [0.05, 0.1) is 0 Å². The third-order valence-corrected chi connectivity index (χ3v) is 5.73. The Morgan fingerprint density at radius 1 is 0.947 bits per heavy atom. The molecule has 0 fully saturated rings. The molecule has 0 spiro atoms. The van der Waals surface area contributed by atoms with Gasteiger partial charge in [0.2, 0.25) is 0 Å². The molecule has 0 aliphatic rings. The molecule has 6 heteroatoms. The van der Waals surface area contributed by atoms with Crippen molar-refractivity contribution >= 4 is 8.80 Å². The lowest BCUT2D eigenvalue weighted by molar-refractivity contribution is 0.0362. The second-order valence-electron chi connectivity index (χ2n) is 4.16. The second kappa shape index (κ2) is 11.8. The first-order chi connectivity index (χ1) is 9.14. The van der Waals surface area contributed by atoms with E-state index in [9.17, 15) is 0 Å². The summed E-state index contributed by atoms with van der Waals surface area (Å²) in [7, 11) is -2.49. The zero-order chi connectivity index (χ0) is 14.6. The summed E-state index contributed by atoms with van der Waals surface area (Å²) in [5.74, 6) is 0. The maximum Gasteiger partial charge on any atom is 0.501 e. The highest BCUT2D eigenvalue weighted by molar-refractivity contribution is 6.60. The smallest absolute Gasteiger partial charge is 0.374 e. The summed E-state index contributed by atoms with van der Waals surface area (Å²) in [6.07, 6.45) is 0.981. The van der Waals surface area contributed by atoms with Crippen LogP contribution in [0, 0.1) is 0 Å². The normalized spacial score (nSPS) is 13.7. The van der Waals surface area contributed by atoms with Crippen LogP contribution in [0.5, 0.6) is 0 Å². The van der Waals surface area contributed by atoms with Gasteiger partial charge in [-0.2, -0.15) is 0 Å². The van der Waals surface area contributed by atoms with Crippen LogP contribution >= 0.6 is 0 Å². The average molecular weight is 293 g/mol. The number of hydrogen-bond acceptors (Lipinski definition) is 5. The van der Waals surface area contributed by atoms with Gasteiger partial charge in [0, 0.05) is 32.5 Å². The first-order valence-electron chi connectivity index (χ1n) is 7.40. The van der Waals surface area contributed by atoms with Crippen LogP contribution in [0.25, 0.3) is 0 Å².